The molecule has 118 valence electrons. The molecular weight excluding hydrogens is 278 g/mol. The first-order chi connectivity index (χ1) is 10.7. The van der Waals surface area contributed by atoms with Crippen LogP contribution in [0.2, 0.25) is 0 Å². The Morgan fingerprint density at radius 3 is 3.00 bits per heavy atom. The van der Waals surface area contributed by atoms with Crippen molar-refractivity contribution in [3.8, 4) is 0 Å². The second-order valence-corrected chi connectivity index (χ2v) is 5.97. The Morgan fingerprint density at radius 2 is 2.23 bits per heavy atom. The molecule has 0 aromatic carbocycles. The lowest BCUT2D eigenvalue weighted by atomic mass is 10.0. The molecule has 2 aromatic rings. The van der Waals surface area contributed by atoms with E-state index >= 15 is 0 Å². The fourth-order valence-electron chi connectivity index (χ4n) is 2.81. The Bertz CT molecular complexity index is 609. The zero-order valence-corrected chi connectivity index (χ0v) is 13.2. The minimum atomic E-state index is 0.732. The number of rotatable bonds is 5. The van der Waals surface area contributed by atoms with Gasteiger partial charge in [-0.15, -0.1) is 0 Å². The molecule has 3 rings (SSSR count). The summed E-state index contributed by atoms with van der Waals surface area (Å²) < 4.78 is 1.72. The molecule has 1 unspecified atom stereocenters. The summed E-state index contributed by atoms with van der Waals surface area (Å²) in [6.45, 7) is 5.22. The van der Waals surface area contributed by atoms with Crippen molar-refractivity contribution in [1.82, 2.24) is 24.7 Å². The molecule has 1 aliphatic rings. The summed E-state index contributed by atoms with van der Waals surface area (Å²) in [5.74, 6) is 3.45. The monoisotopic (exact) mass is 301 g/mol. The molecule has 1 fully saturated rings. The van der Waals surface area contributed by atoms with Gasteiger partial charge in [-0.2, -0.15) is 5.10 Å². The Labute approximate surface area is 130 Å². The van der Waals surface area contributed by atoms with Crippen LogP contribution < -0.4 is 10.2 Å². The average molecular weight is 301 g/mol. The van der Waals surface area contributed by atoms with Crippen molar-refractivity contribution >= 4 is 11.6 Å². The summed E-state index contributed by atoms with van der Waals surface area (Å²) in [5, 5.41) is 7.59. The molecule has 0 amide bonds. The maximum atomic E-state index is 4.41. The smallest absolute Gasteiger partial charge is 0.152 e. The van der Waals surface area contributed by atoms with Crippen LogP contribution in [0.5, 0.6) is 0 Å². The number of nitrogens with zero attached hydrogens (tertiary/aromatic N) is 6. The normalized spacial score (nSPS) is 18.5. The zero-order chi connectivity index (χ0) is 15.4. The Morgan fingerprint density at radius 1 is 1.32 bits per heavy atom. The van der Waals surface area contributed by atoms with Gasteiger partial charge in [-0.1, -0.05) is 6.92 Å². The predicted molar refractivity (Wildman–Crippen MR) is 85.8 cm³/mol. The van der Waals surface area contributed by atoms with Crippen molar-refractivity contribution in [1.29, 1.82) is 0 Å². The van der Waals surface area contributed by atoms with Gasteiger partial charge >= 0.3 is 0 Å². The SMILES string of the molecule is CC1CCCN(c2cc(NCCc3ncn(C)n3)ncn2)C1. The highest BCUT2D eigenvalue weighted by atomic mass is 15.3. The topological polar surface area (TPSA) is 71.8 Å². The Hall–Kier alpha value is -2.18. The molecule has 7 nitrogen and oxygen atoms in total. The number of piperidine rings is 1. The van der Waals surface area contributed by atoms with Crippen LogP contribution in [0.4, 0.5) is 11.6 Å². The van der Waals surface area contributed by atoms with Crippen LogP contribution in [0, 0.1) is 5.92 Å². The fourth-order valence-corrected chi connectivity index (χ4v) is 2.81. The molecule has 0 bridgehead atoms. The lowest BCUT2D eigenvalue weighted by Crippen LogP contribution is -2.34. The number of anilines is 2. The van der Waals surface area contributed by atoms with Crippen LogP contribution in [-0.2, 0) is 13.5 Å². The molecule has 1 N–H and O–H groups in total. The van der Waals surface area contributed by atoms with Gasteiger partial charge < -0.3 is 10.2 Å². The van der Waals surface area contributed by atoms with E-state index in [1.807, 2.05) is 13.1 Å². The number of hydrogen-bond acceptors (Lipinski definition) is 6. The van der Waals surface area contributed by atoms with Crippen molar-refractivity contribution in [2.75, 3.05) is 29.9 Å². The van der Waals surface area contributed by atoms with Crippen LogP contribution in [0.1, 0.15) is 25.6 Å². The van der Waals surface area contributed by atoms with E-state index in [-0.39, 0.29) is 0 Å². The summed E-state index contributed by atoms with van der Waals surface area (Å²) >= 11 is 0. The van der Waals surface area contributed by atoms with E-state index in [9.17, 15) is 0 Å². The third-order valence-corrected chi connectivity index (χ3v) is 3.94. The van der Waals surface area contributed by atoms with Crippen molar-refractivity contribution in [3.63, 3.8) is 0 Å². The third kappa shape index (κ3) is 3.72. The quantitative estimate of drug-likeness (QED) is 0.902. The Kier molecular flexibility index (Phi) is 4.50. The van der Waals surface area contributed by atoms with E-state index in [4.69, 9.17) is 0 Å². The summed E-state index contributed by atoms with van der Waals surface area (Å²) in [6, 6.07) is 2.03. The van der Waals surface area contributed by atoms with Crippen LogP contribution in [-0.4, -0.2) is 44.4 Å². The number of nitrogens with one attached hydrogen (secondary N) is 1. The molecule has 0 spiro atoms. The largest absolute Gasteiger partial charge is 0.369 e. The highest BCUT2D eigenvalue weighted by Gasteiger charge is 2.17. The van der Waals surface area contributed by atoms with Gasteiger partial charge in [0.25, 0.3) is 0 Å². The summed E-state index contributed by atoms with van der Waals surface area (Å²) in [7, 11) is 1.88. The van der Waals surface area contributed by atoms with Gasteiger partial charge in [0.2, 0.25) is 0 Å². The van der Waals surface area contributed by atoms with Gasteiger partial charge in [0, 0.05) is 39.2 Å². The second kappa shape index (κ2) is 6.72. The molecule has 7 heteroatoms. The van der Waals surface area contributed by atoms with Gasteiger partial charge in [0.05, 0.1) is 0 Å². The number of hydrogen-bond donors (Lipinski definition) is 1. The molecular formula is C15H23N7. The molecule has 1 atom stereocenters. The van der Waals surface area contributed by atoms with E-state index in [0.29, 0.717) is 0 Å². The lowest BCUT2D eigenvalue weighted by molar-refractivity contribution is 0.444. The molecule has 0 aliphatic carbocycles. The highest BCUT2D eigenvalue weighted by Crippen LogP contribution is 2.22. The van der Waals surface area contributed by atoms with Crippen molar-refractivity contribution in [2.45, 2.75) is 26.2 Å². The van der Waals surface area contributed by atoms with Gasteiger partial charge in [-0.05, 0) is 18.8 Å². The van der Waals surface area contributed by atoms with Gasteiger partial charge in [-0.25, -0.2) is 15.0 Å². The standard InChI is InChI=1S/C15H23N7/c1-12-4-3-7-22(9-12)15-8-14(17-10-18-15)16-6-5-13-19-11-21(2)20-13/h8,10-12H,3-7,9H2,1-2H3,(H,16,17,18). The zero-order valence-electron chi connectivity index (χ0n) is 13.2. The highest BCUT2D eigenvalue weighted by molar-refractivity contribution is 5.48. The summed E-state index contributed by atoms with van der Waals surface area (Å²) in [5.41, 5.74) is 0. The van der Waals surface area contributed by atoms with Gasteiger partial charge in [0.1, 0.15) is 24.3 Å². The minimum Gasteiger partial charge on any atom is -0.369 e. The van der Waals surface area contributed by atoms with Crippen LogP contribution in [0.3, 0.4) is 0 Å². The van der Waals surface area contributed by atoms with E-state index < -0.39 is 0 Å². The number of aryl methyl sites for hydroxylation is 1. The van der Waals surface area contributed by atoms with Crippen LogP contribution in [0.15, 0.2) is 18.7 Å². The van der Waals surface area contributed by atoms with Crippen LogP contribution >= 0.6 is 0 Å². The maximum Gasteiger partial charge on any atom is 0.152 e. The van der Waals surface area contributed by atoms with Crippen LogP contribution in [0.25, 0.3) is 0 Å². The summed E-state index contributed by atoms with van der Waals surface area (Å²) in [4.78, 5) is 15.3. The first kappa shape index (κ1) is 14.7. The maximum absolute atomic E-state index is 4.41. The molecule has 0 radical (unpaired) electrons. The van der Waals surface area contributed by atoms with E-state index in [0.717, 1.165) is 49.4 Å². The minimum absolute atomic E-state index is 0.732. The molecule has 1 aliphatic heterocycles. The van der Waals surface area contributed by atoms with Crippen molar-refractivity contribution in [2.24, 2.45) is 13.0 Å². The third-order valence-electron chi connectivity index (χ3n) is 3.94. The molecule has 22 heavy (non-hydrogen) atoms. The molecule has 3 heterocycles. The van der Waals surface area contributed by atoms with E-state index in [1.54, 1.807) is 17.3 Å². The van der Waals surface area contributed by atoms with E-state index in [2.05, 4.69) is 37.2 Å². The fraction of sp³-hybridized carbons (Fsp3) is 0.600. The van der Waals surface area contributed by atoms with Gasteiger partial charge in [-0.3, -0.25) is 4.68 Å². The predicted octanol–water partition coefficient (Wildman–Crippen LogP) is 1.50. The first-order valence-electron chi connectivity index (χ1n) is 7.86. The van der Waals surface area contributed by atoms with Gasteiger partial charge in [0.15, 0.2) is 5.82 Å². The van der Waals surface area contributed by atoms with Crippen molar-refractivity contribution < 1.29 is 0 Å². The molecule has 0 saturated carbocycles. The number of aromatic nitrogens is 5. The second-order valence-electron chi connectivity index (χ2n) is 5.97. The Balaban J connectivity index is 1.56. The average Bonchev–Trinajstić information content (AvgIpc) is 2.93. The van der Waals surface area contributed by atoms with E-state index in [1.165, 1.54) is 12.8 Å². The first-order valence-corrected chi connectivity index (χ1v) is 7.86. The molecule has 1 saturated heterocycles. The lowest BCUT2D eigenvalue weighted by Gasteiger charge is -2.31. The summed E-state index contributed by atoms with van der Waals surface area (Å²) in [6.07, 6.45) is 6.68. The van der Waals surface area contributed by atoms with Crippen molar-refractivity contribution in [3.05, 3.63) is 24.5 Å². The molecule has 2 aromatic heterocycles.